The molecule has 0 bridgehead atoms. The number of nitrogens with zero attached hydrogens (tertiary/aromatic N) is 1. The van der Waals surface area contributed by atoms with Crippen LogP contribution in [0.2, 0.25) is 0 Å². The molecular weight excluding hydrogens is 202 g/mol. The highest BCUT2D eigenvalue weighted by molar-refractivity contribution is 5.58. The second-order valence-corrected chi connectivity index (χ2v) is 4.28. The van der Waals surface area contributed by atoms with Crippen LogP contribution in [0.15, 0.2) is 24.3 Å². The molecule has 88 valence electrons. The van der Waals surface area contributed by atoms with E-state index in [0.717, 1.165) is 25.3 Å². The third-order valence-corrected chi connectivity index (χ3v) is 3.25. The molecule has 1 unspecified atom stereocenters. The fourth-order valence-corrected chi connectivity index (χ4v) is 2.36. The van der Waals surface area contributed by atoms with E-state index in [1.807, 2.05) is 18.2 Å². The predicted molar refractivity (Wildman–Crippen MR) is 65.0 cm³/mol. The van der Waals surface area contributed by atoms with E-state index in [2.05, 4.69) is 11.0 Å². The average molecular weight is 221 g/mol. The van der Waals surface area contributed by atoms with Crippen molar-refractivity contribution >= 4 is 5.69 Å². The van der Waals surface area contributed by atoms with Crippen LogP contribution in [-0.2, 0) is 0 Å². The number of methoxy groups -OCH3 is 1. The number of para-hydroxylation sites is 2. The Kier molecular flexibility index (Phi) is 3.67. The van der Waals surface area contributed by atoms with Gasteiger partial charge in [-0.25, -0.2) is 0 Å². The number of aliphatic hydroxyl groups is 1. The summed E-state index contributed by atoms with van der Waals surface area (Å²) >= 11 is 0. The zero-order chi connectivity index (χ0) is 11.4. The second kappa shape index (κ2) is 5.21. The molecule has 3 heteroatoms. The van der Waals surface area contributed by atoms with Gasteiger partial charge in [-0.15, -0.1) is 0 Å². The Morgan fingerprint density at radius 2 is 2.25 bits per heavy atom. The Morgan fingerprint density at radius 3 is 3.00 bits per heavy atom. The van der Waals surface area contributed by atoms with Crippen LogP contribution in [0, 0.1) is 5.92 Å². The van der Waals surface area contributed by atoms with Gasteiger partial charge < -0.3 is 14.7 Å². The smallest absolute Gasteiger partial charge is 0.142 e. The first-order valence-electron chi connectivity index (χ1n) is 5.84. The highest BCUT2D eigenvalue weighted by atomic mass is 16.5. The molecule has 1 aliphatic heterocycles. The van der Waals surface area contributed by atoms with Crippen LogP contribution in [0.5, 0.6) is 5.75 Å². The van der Waals surface area contributed by atoms with Crippen LogP contribution in [0.4, 0.5) is 5.69 Å². The van der Waals surface area contributed by atoms with Gasteiger partial charge in [0.05, 0.1) is 12.8 Å². The number of rotatable bonds is 4. The number of aliphatic hydroxyl groups excluding tert-OH is 1. The maximum Gasteiger partial charge on any atom is 0.142 e. The number of benzene rings is 1. The Labute approximate surface area is 96.6 Å². The number of ether oxygens (including phenoxy) is 1. The van der Waals surface area contributed by atoms with Crippen molar-refractivity contribution in [1.29, 1.82) is 0 Å². The van der Waals surface area contributed by atoms with Crippen molar-refractivity contribution in [3.05, 3.63) is 24.3 Å². The summed E-state index contributed by atoms with van der Waals surface area (Å²) in [6.07, 6.45) is 2.07. The number of anilines is 1. The monoisotopic (exact) mass is 221 g/mol. The molecule has 0 spiro atoms. The van der Waals surface area contributed by atoms with Gasteiger partial charge in [0, 0.05) is 19.7 Å². The largest absolute Gasteiger partial charge is 0.495 e. The van der Waals surface area contributed by atoms with Crippen molar-refractivity contribution in [3.63, 3.8) is 0 Å². The zero-order valence-corrected chi connectivity index (χ0v) is 9.72. The van der Waals surface area contributed by atoms with Crippen LogP contribution < -0.4 is 9.64 Å². The Bertz CT molecular complexity index is 340. The summed E-state index contributed by atoms with van der Waals surface area (Å²) in [6, 6.07) is 8.12. The number of hydrogen-bond acceptors (Lipinski definition) is 3. The summed E-state index contributed by atoms with van der Waals surface area (Å²) in [6.45, 7) is 2.39. The minimum Gasteiger partial charge on any atom is -0.495 e. The second-order valence-electron chi connectivity index (χ2n) is 4.28. The molecule has 1 aromatic carbocycles. The molecule has 16 heavy (non-hydrogen) atoms. The van der Waals surface area contributed by atoms with Crippen LogP contribution in [-0.4, -0.2) is 31.9 Å². The molecule has 0 saturated carbocycles. The van der Waals surface area contributed by atoms with Crippen molar-refractivity contribution in [2.75, 3.05) is 31.7 Å². The fraction of sp³-hybridized carbons (Fsp3) is 0.538. The molecular formula is C13H19NO2. The highest BCUT2D eigenvalue weighted by Crippen LogP contribution is 2.32. The van der Waals surface area contributed by atoms with Gasteiger partial charge in [-0.2, -0.15) is 0 Å². The summed E-state index contributed by atoms with van der Waals surface area (Å²) in [5.74, 6) is 1.56. The maximum atomic E-state index is 8.94. The lowest BCUT2D eigenvalue weighted by molar-refractivity contribution is 0.263. The van der Waals surface area contributed by atoms with Crippen LogP contribution in [0.3, 0.4) is 0 Å². The molecule has 1 heterocycles. The van der Waals surface area contributed by atoms with E-state index in [9.17, 15) is 0 Å². The molecule has 0 amide bonds. The summed E-state index contributed by atoms with van der Waals surface area (Å²) in [5, 5.41) is 8.94. The SMILES string of the molecule is COc1ccccc1N1CCC(CCO)C1. The standard InChI is InChI=1S/C13H19NO2/c1-16-13-5-3-2-4-12(13)14-8-6-11(10-14)7-9-15/h2-5,11,15H,6-10H2,1H3. The zero-order valence-electron chi connectivity index (χ0n) is 9.72. The van der Waals surface area contributed by atoms with E-state index >= 15 is 0 Å². The van der Waals surface area contributed by atoms with Crippen LogP contribution >= 0.6 is 0 Å². The Hall–Kier alpha value is -1.22. The molecule has 2 rings (SSSR count). The van der Waals surface area contributed by atoms with E-state index < -0.39 is 0 Å². The van der Waals surface area contributed by atoms with Crippen molar-refractivity contribution in [2.45, 2.75) is 12.8 Å². The maximum absolute atomic E-state index is 8.94. The van der Waals surface area contributed by atoms with Crippen molar-refractivity contribution in [1.82, 2.24) is 0 Å². The van der Waals surface area contributed by atoms with Crippen molar-refractivity contribution in [3.8, 4) is 5.75 Å². The summed E-state index contributed by atoms with van der Waals surface area (Å²) in [5.41, 5.74) is 1.17. The first-order valence-corrected chi connectivity index (χ1v) is 5.84. The first kappa shape index (κ1) is 11.3. The molecule has 1 fully saturated rings. The molecule has 0 aromatic heterocycles. The van der Waals surface area contributed by atoms with Gasteiger partial charge in [-0.1, -0.05) is 12.1 Å². The third-order valence-electron chi connectivity index (χ3n) is 3.25. The van der Waals surface area contributed by atoms with Gasteiger partial charge >= 0.3 is 0 Å². The van der Waals surface area contributed by atoms with Gasteiger partial charge in [0.1, 0.15) is 5.75 Å². The minimum absolute atomic E-state index is 0.296. The van der Waals surface area contributed by atoms with Gasteiger partial charge in [0.25, 0.3) is 0 Å². The van der Waals surface area contributed by atoms with Crippen molar-refractivity contribution in [2.24, 2.45) is 5.92 Å². The van der Waals surface area contributed by atoms with E-state index in [1.54, 1.807) is 7.11 Å². The average Bonchev–Trinajstić information content (AvgIpc) is 2.78. The first-order chi connectivity index (χ1) is 7.85. The molecule has 0 radical (unpaired) electrons. The van der Waals surface area contributed by atoms with E-state index in [-0.39, 0.29) is 0 Å². The molecule has 1 saturated heterocycles. The Morgan fingerprint density at radius 1 is 1.44 bits per heavy atom. The van der Waals surface area contributed by atoms with Gasteiger partial charge in [-0.05, 0) is 30.9 Å². The lowest BCUT2D eigenvalue weighted by atomic mass is 10.1. The van der Waals surface area contributed by atoms with E-state index in [4.69, 9.17) is 9.84 Å². The molecule has 1 N–H and O–H groups in total. The number of hydrogen-bond donors (Lipinski definition) is 1. The van der Waals surface area contributed by atoms with Crippen LogP contribution in [0.25, 0.3) is 0 Å². The normalized spacial score (nSPS) is 20.1. The van der Waals surface area contributed by atoms with E-state index in [1.165, 1.54) is 12.1 Å². The van der Waals surface area contributed by atoms with E-state index in [0.29, 0.717) is 12.5 Å². The van der Waals surface area contributed by atoms with Crippen molar-refractivity contribution < 1.29 is 9.84 Å². The quantitative estimate of drug-likeness (QED) is 0.843. The summed E-state index contributed by atoms with van der Waals surface area (Å²) < 4.78 is 5.36. The van der Waals surface area contributed by atoms with Gasteiger partial charge in [0.2, 0.25) is 0 Å². The minimum atomic E-state index is 0.296. The summed E-state index contributed by atoms with van der Waals surface area (Å²) in [4.78, 5) is 2.35. The predicted octanol–water partition coefficient (Wildman–Crippen LogP) is 1.90. The molecule has 3 nitrogen and oxygen atoms in total. The topological polar surface area (TPSA) is 32.7 Å². The highest BCUT2D eigenvalue weighted by Gasteiger charge is 2.23. The lowest BCUT2D eigenvalue weighted by Gasteiger charge is -2.21. The molecule has 1 atom stereocenters. The fourth-order valence-electron chi connectivity index (χ4n) is 2.36. The van der Waals surface area contributed by atoms with Gasteiger partial charge in [-0.3, -0.25) is 0 Å². The molecule has 1 aliphatic rings. The Balaban J connectivity index is 2.08. The lowest BCUT2D eigenvalue weighted by Crippen LogP contribution is -2.20. The third kappa shape index (κ3) is 2.30. The molecule has 1 aromatic rings. The molecule has 0 aliphatic carbocycles. The summed E-state index contributed by atoms with van der Waals surface area (Å²) in [7, 11) is 1.71. The van der Waals surface area contributed by atoms with Gasteiger partial charge in [0.15, 0.2) is 0 Å². The van der Waals surface area contributed by atoms with Crippen LogP contribution in [0.1, 0.15) is 12.8 Å².